The van der Waals surface area contributed by atoms with E-state index in [1.54, 1.807) is 6.92 Å². The number of benzene rings is 1. The van der Waals surface area contributed by atoms with Crippen molar-refractivity contribution in [3.8, 4) is 17.6 Å². The second-order valence-electron chi connectivity index (χ2n) is 8.56. The van der Waals surface area contributed by atoms with Crippen LogP contribution in [-0.2, 0) is 11.2 Å². The van der Waals surface area contributed by atoms with Gasteiger partial charge in [0.05, 0.1) is 12.2 Å². The normalized spacial score (nSPS) is 26.4. The van der Waals surface area contributed by atoms with E-state index in [2.05, 4.69) is 24.0 Å². The van der Waals surface area contributed by atoms with Crippen molar-refractivity contribution in [1.82, 2.24) is 0 Å². The van der Waals surface area contributed by atoms with Crippen LogP contribution >= 0.6 is 0 Å². The smallest absolute Gasteiger partial charge is 0.217 e. The summed E-state index contributed by atoms with van der Waals surface area (Å²) in [4.78, 5) is 10.9. The number of para-hydroxylation sites is 1. The minimum absolute atomic E-state index is 0.0437. The molecule has 1 saturated carbocycles. The van der Waals surface area contributed by atoms with Gasteiger partial charge >= 0.3 is 0 Å². The van der Waals surface area contributed by atoms with Gasteiger partial charge in [-0.15, -0.1) is 11.8 Å². The zero-order valence-electron chi connectivity index (χ0n) is 17.9. The van der Waals surface area contributed by atoms with Crippen molar-refractivity contribution in [2.45, 2.75) is 76.6 Å². The van der Waals surface area contributed by atoms with Crippen LogP contribution in [0.3, 0.4) is 0 Å². The molecule has 5 nitrogen and oxygen atoms in total. The number of aliphatic hydroxyl groups excluding tert-OH is 2. The van der Waals surface area contributed by atoms with E-state index < -0.39 is 12.2 Å². The lowest BCUT2D eigenvalue weighted by Gasteiger charge is -2.19. The van der Waals surface area contributed by atoms with Gasteiger partial charge in [-0.1, -0.05) is 37.3 Å². The molecule has 0 aromatic heterocycles. The van der Waals surface area contributed by atoms with Gasteiger partial charge in [0.1, 0.15) is 11.9 Å². The summed E-state index contributed by atoms with van der Waals surface area (Å²) in [7, 11) is 0. The van der Waals surface area contributed by atoms with Crippen LogP contribution in [0.2, 0.25) is 0 Å². The fourth-order valence-electron chi connectivity index (χ4n) is 4.60. The van der Waals surface area contributed by atoms with E-state index >= 15 is 0 Å². The van der Waals surface area contributed by atoms with Gasteiger partial charge in [0.2, 0.25) is 5.91 Å². The molecule has 1 fully saturated rings. The maximum absolute atomic E-state index is 10.9. The van der Waals surface area contributed by atoms with E-state index in [0.717, 1.165) is 36.1 Å². The molecule has 1 heterocycles. The van der Waals surface area contributed by atoms with E-state index in [-0.39, 0.29) is 29.8 Å². The molecule has 30 heavy (non-hydrogen) atoms. The average Bonchev–Trinajstić information content (AvgIpc) is 3.22. The third kappa shape index (κ3) is 5.06. The Hall–Kier alpha value is -2.29. The van der Waals surface area contributed by atoms with Gasteiger partial charge in [-0.25, -0.2) is 0 Å². The molecule has 4 N–H and O–H groups in total. The average molecular weight is 412 g/mol. The van der Waals surface area contributed by atoms with Gasteiger partial charge in [-0.05, 0) is 37.7 Å². The predicted octanol–water partition coefficient (Wildman–Crippen LogP) is 3.08. The highest BCUT2D eigenvalue weighted by Gasteiger charge is 2.48. The maximum atomic E-state index is 10.9. The van der Waals surface area contributed by atoms with Crippen molar-refractivity contribution in [3.63, 3.8) is 0 Å². The second kappa shape index (κ2) is 10.1. The highest BCUT2D eigenvalue weighted by molar-refractivity contribution is 5.73. The first-order valence-electron chi connectivity index (χ1n) is 10.9. The van der Waals surface area contributed by atoms with Crippen LogP contribution in [0.1, 0.15) is 63.0 Å². The fraction of sp³-hybridized carbons (Fsp3) is 0.560. The number of nitrogens with two attached hydrogens (primary N) is 1. The number of amides is 1. The fourth-order valence-corrected chi connectivity index (χ4v) is 4.60. The first-order chi connectivity index (χ1) is 14.4. The number of carbonyl (C=O) groups excluding carboxylic acids is 1. The van der Waals surface area contributed by atoms with E-state index in [1.165, 1.54) is 0 Å². The largest absolute Gasteiger partial charge is 0.489 e. The number of hydrogen-bond acceptors (Lipinski definition) is 4. The first kappa shape index (κ1) is 22.4. The Morgan fingerprint density at radius 1 is 1.40 bits per heavy atom. The molecule has 1 amide bonds. The third-order valence-electron chi connectivity index (χ3n) is 6.32. The number of unbranched alkanes of at least 4 members (excludes halogenated alkanes) is 1. The Labute approximate surface area is 179 Å². The van der Waals surface area contributed by atoms with Gasteiger partial charge in [-0.3, -0.25) is 4.79 Å². The lowest BCUT2D eigenvalue weighted by Crippen LogP contribution is -2.19. The monoisotopic (exact) mass is 411 g/mol. The molecular formula is C25H33NO4. The second-order valence-corrected chi connectivity index (χ2v) is 8.56. The van der Waals surface area contributed by atoms with Gasteiger partial charge in [0, 0.05) is 36.7 Å². The Bertz CT molecular complexity index is 837. The summed E-state index contributed by atoms with van der Waals surface area (Å²) in [6.07, 6.45) is 6.79. The number of carbonyl (C=O) groups is 1. The van der Waals surface area contributed by atoms with Gasteiger partial charge < -0.3 is 20.7 Å². The Morgan fingerprint density at radius 3 is 2.93 bits per heavy atom. The van der Waals surface area contributed by atoms with Crippen molar-refractivity contribution >= 4 is 5.91 Å². The van der Waals surface area contributed by atoms with Crippen LogP contribution in [0.5, 0.6) is 5.75 Å². The molecule has 0 spiro atoms. The lowest BCUT2D eigenvalue weighted by atomic mass is 9.86. The van der Waals surface area contributed by atoms with Crippen LogP contribution in [-0.4, -0.2) is 34.4 Å². The van der Waals surface area contributed by atoms with Crippen molar-refractivity contribution in [3.05, 3.63) is 41.5 Å². The standard InChI is InChI=1S/C25H33NO4/c1-3-4-8-16(2)20(27)14-13-18-21(28)15-22-24(18)19-11-7-10-17(25(19)30-22)9-5-6-12-23(26)29/h7,10-11,13-14,16,18,20-22,24,27-28H,5-6,8-9,12,15H2,1-2H3,(H2,26,29)/t16-,18-,20+,21+,22-,24-/m0/s1. The van der Waals surface area contributed by atoms with Crippen molar-refractivity contribution < 1.29 is 19.7 Å². The van der Waals surface area contributed by atoms with Crippen LogP contribution in [0, 0.1) is 23.7 Å². The van der Waals surface area contributed by atoms with Crippen molar-refractivity contribution in [2.75, 3.05) is 0 Å². The maximum Gasteiger partial charge on any atom is 0.217 e. The van der Waals surface area contributed by atoms with Crippen LogP contribution in [0.15, 0.2) is 30.4 Å². The summed E-state index contributed by atoms with van der Waals surface area (Å²) < 4.78 is 6.28. The summed E-state index contributed by atoms with van der Waals surface area (Å²) in [5.41, 5.74) is 7.51. The minimum atomic E-state index is -0.588. The Balaban J connectivity index is 1.71. The van der Waals surface area contributed by atoms with Gasteiger partial charge in [-0.2, -0.15) is 0 Å². The van der Waals surface area contributed by atoms with Crippen LogP contribution < -0.4 is 10.5 Å². The SMILES string of the molecule is CC#CC[C@H](C)[C@H](O)C=C[C@@H]1[C@H]2c3cccc(CCCCC(N)=O)c3O[C@H]2C[C@H]1O. The lowest BCUT2D eigenvalue weighted by molar-refractivity contribution is -0.118. The molecule has 0 bridgehead atoms. The molecule has 0 saturated heterocycles. The molecule has 5 heteroatoms. The van der Waals surface area contributed by atoms with Crippen LogP contribution in [0.4, 0.5) is 0 Å². The highest BCUT2D eigenvalue weighted by atomic mass is 16.5. The Morgan fingerprint density at radius 2 is 2.20 bits per heavy atom. The molecule has 3 rings (SSSR count). The summed E-state index contributed by atoms with van der Waals surface area (Å²) in [6, 6.07) is 6.20. The van der Waals surface area contributed by atoms with E-state index in [4.69, 9.17) is 10.5 Å². The Kier molecular flexibility index (Phi) is 7.58. The minimum Gasteiger partial charge on any atom is -0.489 e. The highest BCUT2D eigenvalue weighted by Crippen LogP contribution is 2.52. The van der Waals surface area contributed by atoms with Crippen LogP contribution in [0.25, 0.3) is 0 Å². The predicted molar refractivity (Wildman–Crippen MR) is 117 cm³/mol. The van der Waals surface area contributed by atoms with Crippen molar-refractivity contribution in [1.29, 1.82) is 0 Å². The van der Waals surface area contributed by atoms with E-state index in [9.17, 15) is 15.0 Å². The number of ether oxygens (including phenoxy) is 1. The number of aryl methyl sites for hydroxylation is 1. The van der Waals surface area contributed by atoms with Crippen molar-refractivity contribution in [2.24, 2.45) is 17.6 Å². The first-order valence-corrected chi connectivity index (χ1v) is 10.9. The molecule has 162 valence electrons. The zero-order chi connectivity index (χ0) is 21.7. The summed E-state index contributed by atoms with van der Waals surface area (Å²) >= 11 is 0. The molecule has 0 radical (unpaired) electrons. The molecular weight excluding hydrogens is 378 g/mol. The quantitative estimate of drug-likeness (QED) is 0.331. The number of rotatable bonds is 9. The van der Waals surface area contributed by atoms with E-state index in [1.807, 2.05) is 25.1 Å². The molecule has 1 aromatic carbocycles. The zero-order valence-corrected chi connectivity index (χ0v) is 17.9. The number of primary amides is 1. The number of hydrogen-bond donors (Lipinski definition) is 3. The van der Waals surface area contributed by atoms with E-state index in [0.29, 0.717) is 19.3 Å². The molecule has 6 atom stereocenters. The summed E-state index contributed by atoms with van der Waals surface area (Å²) in [6.45, 7) is 3.78. The number of fused-ring (bicyclic) bond motifs is 3. The van der Waals surface area contributed by atoms with Gasteiger partial charge in [0.25, 0.3) is 0 Å². The summed E-state index contributed by atoms with van der Waals surface area (Å²) in [5.74, 6) is 6.60. The van der Waals surface area contributed by atoms with Gasteiger partial charge in [0.15, 0.2) is 0 Å². The molecule has 1 aromatic rings. The summed E-state index contributed by atoms with van der Waals surface area (Å²) in [5, 5.41) is 21.1. The third-order valence-corrected chi connectivity index (χ3v) is 6.32. The molecule has 0 unspecified atom stereocenters. The molecule has 1 aliphatic heterocycles. The number of aliphatic hydroxyl groups is 2. The molecule has 1 aliphatic carbocycles. The topological polar surface area (TPSA) is 92.8 Å². The molecule has 2 aliphatic rings.